The zero-order valence-corrected chi connectivity index (χ0v) is 15.9. The first-order chi connectivity index (χ1) is 13.9. The fourth-order valence-corrected chi connectivity index (χ4v) is 2.85. The summed E-state index contributed by atoms with van der Waals surface area (Å²) in [7, 11) is -2.81. The van der Waals surface area contributed by atoms with Crippen LogP contribution >= 0.6 is 0 Å². The van der Waals surface area contributed by atoms with Gasteiger partial charge in [-0.25, -0.2) is 22.3 Å². The minimum atomic E-state index is -4.86. The molecule has 13 heteroatoms. The van der Waals surface area contributed by atoms with Crippen LogP contribution in [0.4, 0.5) is 23.2 Å². The zero-order valence-electron chi connectivity index (χ0n) is 15.1. The molecule has 0 heterocycles. The summed E-state index contributed by atoms with van der Waals surface area (Å²) in [4.78, 5) is 23.4. The van der Waals surface area contributed by atoms with Crippen LogP contribution in [0.15, 0.2) is 47.4 Å². The van der Waals surface area contributed by atoms with Crippen LogP contribution in [0.2, 0.25) is 0 Å². The Kier molecular flexibility index (Phi) is 7.00. The Balaban J connectivity index is 1.98. The topological polar surface area (TPSA) is 111 Å². The van der Waals surface area contributed by atoms with Crippen LogP contribution in [0, 0.1) is 5.82 Å². The van der Waals surface area contributed by atoms with Gasteiger partial charge in [0.25, 0.3) is 5.91 Å². The average Bonchev–Trinajstić information content (AvgIpc) is 2.66. The lowest BCUT2D eigenvalue weighted by Crippen LogP contribution is -2.22. The first kappa shape index (κ1) is 23.1. The molecule has 2 aromatic carbocycles. The van der Waals surface area contributed by atoms with E-state index in [9.17, 15) is 35.6 Å². The van der Waals surface area contributed by atoms with E-state index in [0.717, 1.165) is 49.5 Å². The second-order valence-electron chi connectivity index (χ2n) is 5.55. The van der Waals surface area contributed by atoms with E-state index in [0.29, 0.717) is 0 Å². The van der Waals surface area contributed by atoms with Crippen molar-refractivity contribution in [2.75, 3.05) is 19.0 Å². The van der Waals surface area contributed by atoms with Crippen molar-refractivity contribution in [3.63, 3.8) is 0 Å². The molecule has 0 aromatic heterocycles. The number of hydrogen-bond acceptors (Lipinski definition) is 6. The van der Waals surface area contributed by atoms with Gasteiger partial charge in [0.05, 0.1) is 10.5 Å². The number of carbonyl (C=O) groups excluding carboxylic acids is 2. The maximum atomic E-state index is 13.8. The standard InChI is InChI=1S/C17H14F4N2O6S/c1-22-30(26,27)12-6-7-14(18)13(8-12)16(25)28-9-15(24)23-10-2-4-11(5-3-10)29-17(19,20)21/h2-8,22H,9H2,1H3,(H,23,24). The van der Waals surface area contributed by atoms with Gasteiger partial charge in [-0.15, -0.1) is 13.2 Å². The first-order valence-electron chi connectivity index (χ1n) is 7.97. The molecule has 1 amide bonds. The van der Waals surface area contributed by atoms with Crippen LogP contribution in [0.25, 0.3) is 0 Å². The van der Waals surface area contributed by atoms with E-state index in [1.54, 1.807) is 0 Å². The summed E-state index contributed by atoms with van der Waals surface area (Å²) in [5.41, 5.74) is -0.619. The smallest absolute Gasteiger partial charge is 0.452 e. The highest BCUT2D eigenvalue weighted by atomic mass is 32.2. The third kappa shape index (κ3) is 6.42. The molecule has 0 fully saturated rings. The number of benzene rings is 2. The van der Waals surface area contributed by atoms with Crippen molar-refractivity contribution in [1.82, 2.24) is 4.72 Å². The minimum Gasteiger partial charge on any atom is -0.452 e. The molecule has 0 aliphatic heterocycles. The number of nitrogens with one attached hydrogen (secondary N) is 2. The van der Waals surface area contributed by atoms with Gasteiger partial charge in [0.2, 0.25) is 10.0 Å². The highest BCUT2D eigenvalue weighted by molar-refractivity contribution is 7.89. The third-order valence-corrected chi connectivity index (χ3v) is 4.85. The molecule has 0 aliphatic carbocycles. The van der Waals surface area contributed by atoms with Gasteiger partial charge in [0, 0.05) is 5.69 Å². The second kappa shape index (κ2) is 9.09. The van der Waals surface area contributed by atoms with Crippen molar-refractivity contribution >= 4 is 27.6 Å². The van der Waals surface area contributed by atoms with Crippen LogP contribution in [0.5, 0.6) is 5.75 Å². The molecule has 0 spiro atoms. The second-order valence-corrected chi connectivity index (χ2v) is 7.43. The van der Waals surface area contributed by atoms with Gasteiger partial charge in [-0.1, -0.05) is 0 Å². The largest absolute Gasteiger partial charge is 0.573 e. The number of halogens is 4. The van der Waals surface area contributed by atoms with E-state index >= 15 is 0 Å². The molecule has 0 unspecified atom stereocenters. The van der Waals surface area contributed by atoms with E-state index in [1.165, 1.54) is 0 Å². The van der Waals surface area contributed by atoms with Gasteiger partial charge in [-0.2, -0.15) is 0 Å². The summed E-state index contributed by atoms with van der Waals surface area (Å²) in [5, 5.41) is 2.25. The van der Waals surface area contributed by atoms with Crippen molar-refractivity contribution in [1.29, 1.82) is 0 Å². The number of esters is 1. The van der Waals surface area contributed by atoms with Gasteiger partial charge in [0.1, 0.15) is 11.6 Å². The Hall–Kier alpha value is -3.19. The normalized spacial score (nSPS) is 11.6. The molecule has 0 saturated carbocycles. The Labute approximate surface area is 167 Å². The molecule has 8 nitrogen and oxygen atoms in total. The molecule has 0 radical (unpaired) electrons. The van der Waals surface area contributed by atoms with Crippen molar-refractivity contribution in [2.45, 2.75) is 11.3 Å². The molecule has 0 aliphatic rings. The highest BCUT2D eigenvalue weighted by Gasteiger charge is 2.31. The van der Waals surface area contributed by atoms with Crippen molar-refractivity contribution in [2.24, 2.45) is 0 Å². The quantitative estimate of drug-likeness (QED) is 0.495. The molecular formula is C17H14F4N2O6S. The number of anilines is 1. The fourth-order valence-electron chi connectivity index (χ4n) is 2.09. The molecule has 2 rings (SSSR count). The summed E-state index contributed by atoms with van der Waals surface area (Å²) in [6, 6.07) is 6.60. The molecule has 2 N–H and O–H groups in total. The lowest BCUT2D eigenvalue weighted by molar-refractivity contribution is -0.274. The summed E-state index contributed by atoms with van der Waals surface area (Å²) < 4.78 is 83.9. The molecule has 30 heavy (non-hydrogen) atoms. The van der Waals surface area contributed by atoms with E-state index < -0.39 is 52.0 Å². The van der Waals surface area contributed by atoms with E-state index in [2.05, 4.69) is 14.8 Å². The van der Waals surface area contributed by atoms with Crippen LogP contribution in [0.1, 0.15) is 10.4 Å². The van der Waals surface area contributed by atoms with Gasteiger partial charge in [-0.05, 0) is 49.5 Å². The number of carbonyl (C=O) groups is 2. The van der Waals surface area contributed by atoms with Crippen molar-refractivity contribution in [3.8, 4) is 5.75 Å². The fraction of sp³-hybridized carbons (Fsp3) is 0.176. The van der Waals surface area contributed by atoms with Crippen LogP contribution < -0.4 is 14.8 Å². The van der Waals surface area contributed by atoms with Crippen molar-refractivity contribution < 1.29 is 45.0 Å². The van der Waals surface area contributed by atoms with Gasteiger partial charge in [0.15, 0.2) is 6.61 Å². The molecule has 0 atom stereocenters. The number of alkyl halides is 3. The SMILES string of the molecule is CNS(=O)(=O)c1ccc(F)c(C(=O)OCC(=O)Nc2ccc(OC(F)(F)F)cc2)c1. The van der Waals surface area contributed by atoms with Crippen molar-refractivity contribution in [3.05, 3.63) is 53.8 Å². The number of hydrogen-bond donors (Lipinski definition) is 2. The van der Waals surface area contributed by atoms with Crippen LogP contribution in [-0.4, -0.2) is 40.3 Å². The van der Waals surface area contributed by atoms with E-state index in [4.69, 9.17) is 0 Å². The number of rotatable bonds is 7. The molecule has 0 bridgehead atoms. The summed E-state index contributed by atoms with van der Waals surface area (Å²) in [5.74, 6) is -3.72. The minimum absolute atomic E-state index is 0.0823. The Bertz CT molecular complexity index is 1040. The Morgan fingerprint density at radius 1 is 1.07 bits per heavy atom. The van der Waals surface area contributed by atoms with E-state index in [-0.39, 0.29) is 10.6 Å². The van der Waals surface area contributed by atoms with E-state index in [1.807, 2.05) is 4.72 Å². The van der Waals surface area contributed by atoms with Crippen LogP contribution in [-0.2, 0) is 19.6 Å². The van der Waals surface area contributed by atoms with Gasteiger partial charge in [-0.3, -0.25) is 4.79 Å². The maximum Gasteiger partial charge on any atom is 0.573 e. The Morgan fingerprint density at radius 3 is 2.27 bits per heavy atom. The van der Waals surface area contributed by atoms with Gasteiger partial charge < -0.3 is 14.8 Å². The number of sulfonamides is 1. The molecular weight excluding hydrogens is 436 g/mol. The highest BCUT2D eigenvalue weighted by Crippen LogP contribution is 2.24. The predicted octanol–water partition coefficient (Wildman–Crippen LogP) is 2.43. The number of amides is 1. The molecule has 2 aromatic rings. The lowest BCUT2D eigenvalue weighted by Gasteiger charge is -2.10. The first-order valence-corrected chi connectivity index (χ1v) is 9.45. The maximum absolute atomic E-state index is 13.8. The monoisotopic (exact) mass is 450 g/mol. The zero-order chi connectivity index (χ0) is 22.5. The summed E-state index contributed by atoms with van der Waals surface area (Å²) in [6.45, 7) is -0.859. The van der Waals surface area contributed by atoms with Crippen LogP contribution in [0.3, 0.4) is 0 Å². The Morgan fingerprint density at radius 2 is 1.70 bits per heavy atom. The summed E-state index contributed by atoms with van der Waals surface area (Å²) in [6.07, 6.45) is -4.86. The summed E-state index contributed by atoms with van der Waals surface area (Å²) >= 11 is 0. The lowest BCUT2D eigenvalue weighted by atomic mass is 10.2. The molecule has 162 valence electrons. The third-order valence-electron chi connectivity index (χ3n) is 3.44. The number of ether oxygens (including phenoxy) is 2. The van der Waals surface area contributed by atoms with Gasteiger partial charge >= 0.3 is 12.3 Å². The predicted molar refractivity (Wildman–Crippen MR) is 94.7 cm³/mol. The molecule has 0 saturated heterocycles. The average molecular weight is 450 g/mol.